The van der Waals surface area contributed by atoms with Gasteiger partial charge < -0.3 is 4.74 Å². The molecule has 0 N–H and O–H groups in total. The van der Waals surface area contributed by atoms with Crippen LogP contribution in [0.3, 0.4) is 0 Å². The van der Waals surface area contributed by atoms with Gasteiger partial charge in [0.2, 0.25) is 0 Å². The van der Waals surface area contributed by atoms with E-state index in [9.17, 15) is 0 Å². The van der Waals surface area contributed by atoms with Crippen LogP contribution in [0.4, 0.5) is 0 Å². The molecule has 2 aromatic heterocycles. The lowest BCUT2D eigenvalue weighted by molar-refractivity contribution is 0.480. The highest BCUT2D eigenvalue weighted by Crippen LogP contribution is 2.66. The molecule has 0 bridgehead atoms. The average molecular weight is 727 g/mol. The predicted molar refractivity (Wildman–Crippen MR) is 213 cm³/mol. The van der Waals surface area contributed by atoms with Gasteiger partial charge in [-0.3, -0.25) is 4.57 Å². The summed E-state index contributed by atoms with van der Waals surface area (Å²) in [4.78, 5) is 5.00. The van der Waals surface area contributed by atoms with E-state index in [-0.39, 0.29) is 16.7 Å². The van der Waals surface area contributed by atoms with E-state index in [0.717, 1.165) is 48.8 Å². The predicted octanol–water partition coefficient (Wildman–Crippen LogP) is 12.7. The highest BCUT2D eigenvalue weighted by atomic mass is 79.9. The van der Waals surface area contributed by atoms with E-state index in [1.165, 1.54) is 33.4 Å². The number of benzene rings is 6. The van der Waals surface area contributed by atoms with Gasteiger partial charge >= 0.3 is 0 Å². The van der Waals surface area contributed by atoms with Gasteiger partial charge in [0.15, 0.2) is 0 Å². The molecule has 0 radical (unpaired) electrons. The third-order valence-electron chi connectivity index (χ3n) is 10.9. The van der Waals surface area contributed by atoms with E-state index in [0.29, 0.717) is 5.75 Å². The summed E-state index contributed by atoms with van der Waals surface area (Å²) in [5.74, 6) is 1.68. The number of halogens is 1. The number of hydrogen-bond acceptors (Lipinski definition) is 2. The summed E-state index contributed by atoms with van der Waals surface area (Å²) in [5, 5.41) is 2.22. The number of aryl methyl sites for hydroxylation is 1. The fraction of sp³-hybridized carbons (Fsp3) is 0.128. The van der Waals surface area contributed by atoms with E-state index < -0.39 is 12.3 Å². The van der Waals surface area contributed by atoms with Gasteiger partial charge in [0.1, 0.15) is 17.3 Å². The highest BCUT2D eigenvalue weighted by molar-refractivity contribution is 9.10. The van der Waals surface area contributed by atoms with Gasteiger partial charge in [-0.05, 0) is 92.7 Å². The molecular formula is C47H35BrN2O. The van der Waals surface area contributed by atoms with Crippen molar-refractivity contribution in [1.29, 1.82) is 0 Å². The van der Waals surface area contributed by atoms with E-state index in [1.807, 2.05) is 6.20 Å². The van der Waals surface area contributed by atoms with Crippen molar-refractivity contribution in [1.82, 2.24) is 9.55 Å². The quantitative estimate of drug-likeness (QED) is 0.181. The average Bonchev–Trinajstić information content (AvgIpc) is 3.76. The minimum Gasteiger partial charge on any atom is -0.456 e. The highest BCUT2D eigenvalue weighted by Gasteiger charge is 2.54. The Balaban J connectivity index is 1.43. The number of rotatable bonds is 3. The molecule has 3 nitrogen and oxygen atoms in total. The van der Waals surface area contributed by atoms with Gasteiger partial charge in [-0.15, -0.1) is 0 Å². The van der Waals surface area contributed by atoms with E-state index in [1.54, 1.807) is 18.2 Å². The normalized spacial score (nSPS) is 14.9. The molecule has 0 fully saturated rings. The number of nitrogens with zero attached hydrogens (tertiary/aromatic N) is 2. The van der Waals surface area contributed by atoms with Crippen LogP contribution in [-0.4, -0.2) is 9.55 Å². The Morgan fingerprint density at radius 1 is 0.686 bits per heavy atom. The molecule has 0 atom stereocenters. The van der Waals surface area contributed by atoms with Crippen molar-refractivity contribution in [2.75, 3.05) is 0 Å². The maximum atomic E-state index is 8.46. The van der Waals surface area contributed by atoms with Crippen molar-refractivity contribution in [2.24, 2.45) is 0 Å². The molecular weight excluding hydrogens is 688 g/mol. The molecule has 2 heterocycles. The van der Waals surface area contributed by atoms with Crippen LogP contribution in [-0.2, 0) is 10.8 Å². The van der Waals surface area contributed by atoms with Crippen LogP contribution in [0.15, 0.2) is 144 Å². The summed E-state index contributed by atoms with van der Waals surface area (Å²) in [5.41, 5.74) is 11.7. The van der Waals surface area contributed by atoms with Crippen molar-refractivity contribution >= 4 is 37.7 Å². The summed E-state index contributed by atoms with van der Waals surface area (Å²) in [6.45, 7) is 4.26. The number of para-hydroxylation sites is 1. The molecule has 6 aromatic carbocycles. The molecule has 51 heavy (non-hydrogen) atoms. The number of hydrogen-bond donors (Lipinski definition) is 0. The third-order valence-corrected chi connectivity index (χ3v) is 11.4. The molecule has 1 spiro atoms. The lowest BCUT2D eigenvalue weighted by Crippen LogP contribution is -2.26. The first-order valence-electron chi connectivity index (χ1n) is 18.8. The molecule has 0 aliphatic heterocycles. The van der Waals surface area contributed by atoms with Crippen LogP contribution in [0, 0.1) is 6.85 Å². The van der Waals surface area contributed by atoms with Crippen LogP contribution >= 0.6 is 15.9 Å². The van der Waals surface area contributed by atoms with Crippen molar-refractivity contribution in [3.63, 3.8) is 0 Å². The molecule has 8 aromatic rings. The Labute approximate surface area is 310 Å². The SMILES string of the molecule is [2H]C([2H])([2H])c1ccc(Br)cc1Oc1cc2c(c3c1-c1ccccc1C31c3ccccc3-c3ccccc31)c1ccccc1n2-c1cc(C(C)(C)C)ccn1. The first kappa shape index (κ1) is 27.3. The Bertz CT molecular complexity index is 2820. The zero-order valence-electron chi connectivity index (χ0n) is 31.5. The third kappa shape index (κ3) is 4.14. The monoisotopic (exact) mass is 725 g/mol. The number of aromatic nitrogens is 2. The molecule has 2 aliphatic rings. The van der Waals surface area contributed by atoms with Gasteiger partial charge in [0.25, 0.3) is 0 Å². The van der Waals surface area contributed by atoms with Crippen molar-refractivity contribution < 1.29 is 8.85 Å². The van der Waals surface area contributed by atoms with Gasteiger partial charge in [-0.2, -0.15) is 0 Å². The number of pyridine rings is 1. The fourth-order valence-electron chi connectivity index (χ4n) is 8.74. The second-order valence-corrected chi connectivity index (χ2v) is 15.6. The Morgan fingerprint density at radius 3 is 2.04 bits per heavy atom. The fourth-order valence-corrected chi connectivity index (χ4v) is 9.08. The molecule has 246 valence electrons. The van der Waals surface area contributed by atoms with Crippen molar-refractivity contribution in [2.45, 2.75) is 38.5 Å². The summed E-state index contributed by atoms with van der Waals surface area (Å²) in [6, 6.07) is 46.3. The first-order chi connectivity index (χ1) is 26.0. The van der Waals surface area contributed by atoms with Crippen LogP contribution < -0.4 is 4.74 Å². The summed E-state index contributed by atoms with van der Waals surface area (Å²) in [7, 11) is 0. The molecule has 0 saturated heterocycles. The summed E-state index contributed by atoms with van der Waals surface area (Å²) in [6.07, 6.45) is 1.90. The van der Waals surface area contributed by atoms with E-state index in [2.05, 4.69) is 157 Å². The molecule has 0 amide bonds. The zero-order chi connectivity index (χ0) is 37.1. The minimum atomic E-state index is -2.39. The Morgan fingerprint density at radius 2 is 1.33 bits per heavy atom. The van der Waals surface area contributed by atoms with Gasteiger partial charge in [0, 0.05) is 37.2 Å². The molecule has 0 unspecified atom stereocenters. The molecule has 10 rings (SSSR count). The second-order valence-electron chi connectivity index (χ2n) is 14.7. The standard InChI is InChI=1S/C47H35BrN2O/c1-28-21-22-30(48)26-40(28)51-41-27-39-43(34-16-8-12-20-38(34)50(39)42-25-29(23-24-49-42)46(2,3)4)45-44(41)33-15-7-11-19-37(33)47(45)35-17-9-5-13-31(35)32-14-6-10-18-36(32)47/h5-27H,1-4H3/i1D3. The first-order valence-corrected chi connectivity index (χ1v) is 18.1. The van der Waals surface area contributed by atoms with Crippen molar-refractivity contribution in [3.8, 4) is 39.6 Å². The van der Waals surface area contributed by atoms with Gasteiger partial charge in [-0.25, -0.2) is 4.98 Å². The lowest BCUT2D eigenvalue weighted by Gasteiger charge is -2.31. The lowest BCUT2D eigenvalue weighted by atomic mass is 9.69. The summed E-state index contributed by atoms with van der Waals surface area (Å²) >= 11 is 3.60. The van der Waals surface area contributed by atoms with Crippen LogP contribution in [0.2, 0.25) is 0 Å². The van der Waals surface area contributed by atoms with E-state index in [4.69, 9.17) is 13.8 Å². The second kappa shape index (κ2) is 10.8. The van der Waals surface area contributed by atoms with Gasteiger partial charge in [0.05, 0.1) is 16.4 Å². The maximum Gasteiger partial charge on any atom is 0.137 e. The summed E-state index contributed by atoms with van der Waals surface area (Å²) < 4.78 is 35.4. The van der Waals surface area contributed by atoms with Crippen molar-refractivity contribution in [3.05, 3.63) is 178 Å². The van der Waals surface area contributed by atoms with Gasteiger partial charge in [-0.1, -0.05) is 134 Å². The zero-order valence-corrected chi connectivity index (χ0v) is 30.0. The Hall–Kier alpha value is -5.45. The molecule has 2 aliphatic carbocycles. The Kier molecular flexibility index (Phi) is 5.77. The maximum absolute atomic E-state index is 8.46. The smallest absolute Gasteiger partial charge is 0.137 e. The number of fused-ring (bicyclic) bond motifs is 14. The minimum absolute atomic E-state index is 0.0959. The van der Waals surface area contributed by atoms with Crippen LogP contribution in [0.5, 0.6) is 11.5 Å². The largest absolute Gasteiger partial charge is 0.456 e. The molecule has 0 saturated carbocycles. The molecule has 4 heteroatoms. The number of ether oxygens (including phenoxy) is 1. The van der Waals surface area contributed by atoms with Crippen LogP contribution in [0.25, 0.3) is 49.9 Å². The topological polar surface area (TPSA) is 27.1 Å². The van der Waals surface area contributed by atoms with Crippen LogP contribution in [0.1, 0.15) is 58.3 Å². The van der Waals surface area contributed by atoms with E-state index >= 15 is 0 Å².